The van der Waals surface area contributed by atoms with Gasteiger partial charge in [-0.25, -0.2) is 4.99 Å². The number of carbonyl (C=O) groups excluding carboxylic acids is 1. The number of hydrogen-bond donors (Lipinski definition) is 1. The van der Waals surface area contributed by atoms with Crippen molar-refractivity contribution in [1.82, 2.24) is 4.90 Å². The van der Waals surface area contributed by atoms with Gasteiger partial charge in [-0.1, -0.05) is 18.2 Å². The van der Waals surface area contributed by atoms with Gasteiger partial charge in [-0.15, -0.1) is 0 Å². The van der Waals surface area contributed by atoms with Gasteiger partial charge in [0.2, 0.25) is 5.91 Å². The second-order valence-corrected chi connectivity index (χ2v) is 3.10. The molecule has 14 heavy (non-hydrogen) atoms. The monoisotopic (exact) mass is 190 g/mol. The van der Waals surface area contributed by atoms with E-state index in [4.69, 9.17) is 0 Å². The Hall–Kier alpha value is -1.68. The van der Waals surface area contributed by atoms with Crippen LogP contribution in [0.15, 0.2) is 29.3 Å². The van der Waals surface area contributed by atoms with Gasteiger partial charge in [-0.05, 0) is 6.07 Å². The minimum atomic E-state index is -0.916. The zero-order chi connectivity index (χ0) is 10.1. The van der Waals surface area contributed by atoms with E-state index in [-0.39, 0.29) is 5.91 Å². The van der Waals surface area contributed by atoms with Gasteiger partial charge < -0.3 is 5.11 Å². The van der Waals surface area contributed by atoms with Crippen molar-refractivity contribution in [1.29, 1.82) is 0 Å². The maximum absolute atomic E-state index is 11.1. The highest BCUT2D eigenvalue weighted by molar-refractivity contribution is 5.88. The topological polar surface area (TPSA) is 52.9 Å². The van der Waals surface area contributed by atoms with Crippen LogP contribution in [-0.2, 0) is 4.79 Å². The summed E-state index contributed by atoms with van der Waals surface area (Å²) in [6.45, 7) is 1.39. The molecule has 0 aliphatic carbocycles. The van der Waals surface area contributed by atoms with Crippen LogP contribution in [0, 0.1) is 0 Å². The van der Waals surface area contributed by atoms with Crippen LogP contribution in [0.5, 0.6) is 0 Å². The first-order chi connectivity index (χ1) is 6.70. The number of carbonyl (C=O) groups is 1. The summed E-state index contributed by atoms with van der Waals surface area (Å²) in [7, 11) is 0. The third kappa shape index (κ3) is 1.29. The summed E-state index contributed by atoms with van der Waals surface area (Å²) in [4.78, 5) is 16.4. The third-order valence-corrected chi connectivity index (χ3v) is 2.16. The Bertz CT molecular complexity index is 401. The second-order valence-electron chi connectivity index (χ2n) is 3.10. The molecule has 72 valence electrons. The molecule has 1 heterocycles. The van der Waals surface area contributed by atoms with Crippen LogP contribution in [0.1, 0.15) is 18.7 Å². The summed E-state index contributed by atoms with van der Waals surface area (Å²) in [6.07, 6.45) is 0.441. The van der Waals surface area contributed by atoms with Crippen molar-refractivity contribution in [2.24, 2.45) is 4.99 Å². The molecule has 1 amide bonds. The Balaban J connectivity index is 2.44. The van der Waals surface area contributed by atoms with Crippen molar-refractivity contribution in [3.63, 3.8) is 0 Å². The number of aliphatic hydroxyl groups excluding tert-OH is 1. The molecule has 0 saturated heterocycles. The second kappa shape index (κ2) is 3.23. The Morgan fingerprint density at radius 2 is 2.21 bits per heavy atom. The van der Waals surface area contributed by atoms with Gasteiger partial charge in [0.15, 0.2) is 6.23 Å². The summed E-state index contributed by atoms with van der Waals surface area (Å²) in [5.41, 5.74) is 1.36. The Morgan fingerprint density at radius 1 is 1.50 bits per heavy atom. The molecule has 0 spiro atoms. The number of aliphatic hydroxyl groups is 1. The number of amides is 1. The highest BCUT2D eigenvalue weighted by atomic mass is 16.3. The molecule has 2 rings (SSSR count). The molecule has 1 unspecified atom stereocenters. The zero-order valence-corrected chi connectivity index (χ0v) is 7.71. The lowest BCUT2D eigenvalue weighted by molar-refractivity contribution is -0.132. The molecule has 1 aromatic carbocycles. The quantitative estimate of drug-likeness (QED) is 0.668. The smallest absolute Gasteiger partial charge is 0.226 e. The molecule has 0 bridgehead atoms. The molecule has 4 heteroatoms. The molecule has 4 nitrogen and oxygen atoms in total. The molecular formula is C10H10N2O2. The minimum absolute atomic E-state index is 0.226. The van der Waals surface area contributed by atoms with Crippen LogP contribution < -0.4 is 0 Å². The first-order valence-electron chi connectivity index (χ1n) is 4.30. The number of hydrogen-bond acceptors (Lipinski definition) is 3. The first kappa shape index (κ1) is 8.90. The van der Waals surface area contributed by atoms with Gasteiger partial charge in [0.05, 0.1) is 5.69 Å². The van der Waals surface area contributed by atoms with E-state index >= 15 is 0 Å². The van der Waals surface area contributed by atoms with Crippen molar-refractivity contribution < 1.29 is 9.90 Å². The summed E-state index contributed by atoms with van der Waals surface area (Å²) in [5.74, 6) is -0.226. The molecule has 1 N–H and O–H groups in total. The largest absolute Gasteiger partial charge is 0.369 e. The van der Waals surface area contributed by atoms with E-state index < -0.39 is 6.23 Å². The number of para-hydroxylation sites is 1. The van der Waals surface area contributed by atoms with Gasteiger partial charge in [-0.3, -0.25) is 9.69 Å². The van der Waals surface area contributed by atoms with E-state index in [2.05, 4.69) is 4.99 Å². The molecular weight excluding hydrogens is 180 g/mol. The van der Waals surface area contributed by atoms with Gasteiger partial charge in [0.25, 0.3) is 0 Å². The number of nitrogens with zero attached hydrogens (tertiary/aromatic N) is 2. The normalized spacial score (nSPS) is 19.3. The van der Waals surface area contributed by atoms with E-state index in [0.29, 0.717) is 11.3 Å². The SMILES string of the molecule is CC(=O)N1C=Nc2ccccc2C1O. The van der Waals surface area contributed by atoms with Crippen LogP contribution in [0.25, 0.3) is 0 Å². The minimum Gasteiger partial charge on any atom is -0.369 e. The number of rotatable bonds is 0. The average Bonchev–Trinajstić information content (AvgIpc) is 2.18. The average molecular weight is 190 g/mol. The fourth-order valence-corrected chi connectivity index (χ4v) is 1.41. The van der Waals surface area contributed by atoms with Crippen LogP contribution in [0.4, 0.5) is 5.69 Å². The maximum atomic E-state index is 11.1. The van der Waals surface area contributed by atoms with E-state index in [1.54, 1.807) is 18.2 Å². The maximum Gasteiger partial charge on any atom is 0.226 e. The molecule has 0 aromatic heterocycles. The van der Waals surface area contributed by atoms with Crippen molar-refractivity contribution in [2.45, 2.75) is 13.2 Å². The molecule has 1 aromatic rings. The van der Waals surface area contributed by atoms with Crippen LogP contribution in [-0.4, -0.2) is 22.3 Å². The highest BCUT2D eigenvalue weighted by Gasteiger charge is 2.24. The molecule has 1 atom stereocenters. The number of fused-ring (bicyclic) bond motifs is 1. The highest BCUT2D eigenvalue weighted by Crippen LogP contribution is 2.30. The van der Waals surface area contributed by atoms with E-state index in [1.165, 1.54) is 18.2 Å². The fourth-order valence-electron chi connectivity index (χ4n) is 1.41. The molecule has 1 aliphatic heterocycles. The third-order valence-electron chi connectivity index (χ3n) is 2.16. The predicted octanol–water partition coefficient (Wildman–Crippen LogP) is 1.20. The van der Waals surface area contributed by atoms with Gasteiger partial charge >= 0.3 is 0 Å². The summed E-state index contributed by atoms with van der Waals surface area (Å²) in [5, 5.41) is 9.81. The van der Waals surface area contributed by atoms with Crippen LogP contribution >= 0.6 is 0 Å². The van der Waals surface area contributed by atoms with Crippen molar-refractivity contribution in [3.8, 4) is 0 Å². The summed E-state index contributed by atoms with van der Waals surface area (Å²) in [6, 6.07) is 7.20. The summed E-state index contributed by atoms with van der Waals surface area (Å²) < 4.78 is 0. The number of aliphatic imine (C=N–C) groups is 1. The molecule has 1 aliphatic rings. The lowest BCUT2D eigenvalue weighted by atomic mass is 10.1. The lowest BCUT2D eigenvalue weighted by Crippen LogP contribution is -2.33. The Morgan fingerprint density at radius 3 is 2.93 bits per heavy atom. The number of benzene rings is 1. The fraction of sp³-hybridized carbons (Fsp3) is 0.200. The van der Waals surface area contributed by atoms with Crippen LogP contribution in [0.3, 0.4) is 0 Å². The zero-order valence-electron chi connectivity index (χ0n) is 7.71. The van der Waals surface area contributed by atoms with Crippen molar-refractivity contribution in [2.75, 3.05) is 0 Å². The summed E-state index contributed by atoms with van der Waals surface area (Å²) >= 11 is 0. The van der Waals surface area contributed by atoms with E-state index in [9.17, 15) is 9.90 Å². The standard InChI is InChI=1S/C10H10N2O2/c1-7(13)12-6-11-9-5-3-2-4-8(9)10(12)14/h2-6,10,14H,1H3. The Labute approximate surface area is 81.5 Å². The van der Waals surface area contributed by atoms with Gasteiger partial charge in [-0.2, -0.15) is 0 Å². The van der Waals surface area contributed by atoms with E-state index in [1.807, 2.05) is 6.07 Å². The van der Waals surface area contributed by atoms with Crippen LogP contribution in [0.2, 0.25) is 0 Å². The predicted molar refractivity (Wildman–Crippen MR) is 52.1 cm³/mol. The lowest BCUT2D eigenvalue weighted by Gasteiger charge is -2.27. The first-order valence-corrected chi connectivity index (χ1v) is 4.30. The molecule has 0 fully saturated rings. The van der Waals surface area contributed by atoms with Gasteiger partial charge in [0, 0.05) is 12.5 Å². The molecule has 0 radical (unpaired) electrons. The van der Waals surface area contributed by atoms with Crippen molar-refractivity contribution >= 4 is 17.9 Å². The van der Waals surface area contributed by atoms with Gasteiger partial charge in [0.1, 0.15) is 6.34 Å². The molecule has 0 saturated carbocycles. The van der Waals surface area contributed by atoms with Crippen molar-refractivity contribution in [3.05, 3.63) is 29.8 Å². The van der Waals surface area contributed by atoms with E-state index in [0.717, 1.165) is 0 Å². The Kier molecular flexibility index (Phi) is 2.05.